The molecule has 1 rings (SSSR count). The molecule has 1 aromatic rings. The maximum absolute atomic E-state index is 12.6. The Morgan fingerprint density at radius 3 is 2.54 bits per heavy atom. The summed E-state index contributed by atoms with van der Waals surface area (Å²) in [6, 6.07) is 0. The highest BCUT2D eigenvalue weighted by Crippen LogP contribution is 2.17. The lowest BCUT2D eigenvalue weighted by molar-refractivity contribution is 0.000723. The third-order valence-electron chi connectivity index (χ3n) is 1.47. The molecule has 0 aliphatic rings. The van der Waals surface area contributed by atoms with Crippen molar-refractivity contribution in [1.82, 2.24) is 9.78 Å². The van der Waals surface area contributed by atoms with Gasteiger partial charge >= 0.3 is 0 Å². The minimum Gasteiger partial charge on any atom is -0.294 e. The second kappa shape index (κ2) is 3.59. The number of Topliss-reactive ketones (excluding diaryl/α,β-unsaturated/α-hetero) is 1. The summed E-state index contributed by atoms with van der Waals surface area (Å²) in [7, 11) is 0. The van der Waals surface area contributed by atoms with Crippen molar-refractivity contribution in [3.8, 4) is 0 Å². The number of alkyl halides is 3. The molecule has 1 aromatic heterocycles. The quantitative estimate of drug-likeness (QED) is 0.684. The SMILES string of the molecule is CC(=O)c1cnn(C(F)C(F)F)c1. The largest absolute Gasteiger partial charge is 0.294 e. The lowest BCUT2D eigenvalue weighted by Gasteiger charge is -2.05. The average molecular weight is 192 g/mol. The summed E-state index contributed by atoms with van der Waals surface area (Å²) in [6.07, 6.45) is -3.62. The highest BCUT2D eigenvalue weighted by Gasteiger charge is 2.22. The molecule has 0 spiro atoms. The van der Waals surface area contributed by atoms with E-state index in [1.54, 1.807) is 0 Å². The number of halogens is 3. The van der Waals surface area contributed by atoms with Crippen LogP contribution in [-0.4, -0.2) is 22.0 Å². The van der Waals surface area contributed by atoms with Gasteiger partial charge in [-0.25, -0.2) is 17.9 Å². The average Bonchev–Trinajstić information content (AvgIpc) is 2.50. The van der Waals surface area contributed by atoms with Crippen LogP contribution in [0.4, 0.5) is 13.2 Å². The van der Waals surface area contributed by atoms with Gasteiger partial charge in [0.1, 0.15) is 0 Å². The van der Waals surface area contributed by atoms with Gasteiger partial charge in [-0.2, -0.15) is 5.10 Å². The van der Waals surface area contributed by atoms with Crippen molar-refractivity contribution >= 4 is 5.78 Å². The fourth-order valence-corrected chi connectivity index (χ4v) is 0.770. The number of nitrogens with zero attached hydrogens (tertiary/aromatic N) is 2. The molecule has 0 saturated heterocycles. The lowest BCUT2D eigenvalue weighted by Crippen LogP contribution is -2.12. The summed E-state index contributed by atoms with van der Waals surface area (Å²) >= 11 is 0. The molecule has 0 aromatic carbocycles. The summed E-state index contributed by atoms with van der Waals surface area (Å²) in [6.45, 7) is 1.25. The molecule has 72 valence electrons. The van der Waals surface area contributed by atoms with Gasteiger partial charge in [-0.1, -0.05) is 0 Å². The number of hydrogen-bond donors (Lipinski definition) is 0. The van der Waals surface area contributed by atoms with Crippen LogP contribution in [-0.2, 0) is 0 Å². The van der Waals surface area contributed by atoms with Crippen LogP contribution in [0, 0.1) is 0 Å². The van der Waals surface area contributed by atoms with E-state index in [0.717, 1.165) is 12.4 Å². The Balaban J connectivity index is 2.85. The van der Waals surface area contributed by atoms with Gasteiger partial charge in [-0.3, -0.25) is 4.79 Å². The Morgan fingerprint density at radius 1 is 1.54 bits per heavy atom. The molecule has 0 amide bonds. The van der Waals surface area contributed by atoms with E-state index in [1.807, 2.05) is 0 Å². The van der Waals surface area contributed by atoms with Gasteiger partial charge in [0.15, 0.2) is 5.78 Å². The molecule has 0 aliphatic heterocycles. The first-order valence-corrected chi connectivity index (χ1v) is 3.49. The molecule has 0 aliphatic carbocycles. The minimum absolute atomic E-state index is 0.114. The monoisotopic (exact) mass is 192 g/mol. The van der Waals surface area contributed by atoms with E-state index in [0.29, 0.717) is 4.68 Å². The molecule has 0 bridgehead atoms. The Morgan fingerprint density at radius 2 is 2.15 bits per heavy atom. The number of aromatic nitrogens is 2. The lowest BCUT2D eigenvalue weighted by atomic mass is 10.3. The highest BCUT2D eigenvalue weighted by atomic mass is 19.3. The first kappa shape index (κ1) is 9.76. The molecule has 3 nitrogen and oxygen atoms in total. The second-order valence-electron chi connectivity index (χ2n) is 2.47. The van der Waals surface area contributed by atoms with Crippen LogP contribution in [0.2, 0.25) is 0 Å². The molecule has 1 heterocycles. The Labute approximate surface area is 72.2 Å². The topological polar surface area (TPSA) is 34.9 Å². The van der Waals surface area contributed by atoms with Crippen LogP contribution >= 0.6 is 0 Å². The van der Waals surface area contributed by atoms with Gasteiger partial charge in [0.05, 0.1) is 11.8 Å². The number of carbonyl (C=O) groups excluding carboxylic acids is 1. The molecule has 1 unspecified atom stereocenters. The van der Waals surface area contributed by atoms with Crippen LogP contribution in [0.1, 0.15) is 23.6 Å². The molecule has 0 radical (unpaired) electrons. The van der Waals surface area contributed by atoms with E-state index in [2.05, 4.69) is 5.10 Å². The molecular weight excluding hydrogens is 185 g/mol. The zero-order valence-corrected chi connectivity index (χ0v) is 6.75. The normalized spacial score (nSPS) is 13.3. The van der Waals surface area contributed by atoms with Gasteiger partial charge in [0.25, 0.3) is 12.7 Å². The fourth-order valence-electron chi connectivity index (χ4n) is 0.770. The van der Waals surface area contributed by atoms with Crippen molar-refractivity contribution in [2.75, 3.05) is 0 Å². The van der Waals surface area contributed by atoms with Crippen LogP contribution in [0.5, 0.6) is 0 Å². The van der Waals surface area contributed by atoms with E-state index in [4.69, 9.17) is 0 Å². The third kappa shape index (κ3) is 2.07. The first-order chi connectivity index (χ1) is 6.02. The van der Waals surface area contributed by atoms with E-state index < -0.39 is 12.7 Å². The number of carbonyl (C=O) groups is 1. The van der Waals surface area contributed by atoms with Crippen molar-refractivity contribution < 1.29 is 18.0 Å². The van der Waals surface area contributed by atoms with Gasteiger partial charge in [-0.15, -0.1) is 0 Å². The van der Waals surface area contributed by atoms with Crippen molar-refractivity contribution in [2.45, 2.75) is 19.6 Å². The Kier molecular flexibility index (Phi) is 2.69. The standard InChI is InChI=1S/C7H7F3N2O/c1-4(13)5-2-11-12(3-5)7(10)6(8)9/h2-3,6-7H,1H3. The molecule has 6 heteroatoms. The summed E-state index contributed by atoms with van der Waals surface area (Å²) < 4.78 is 36.6. The van der Waals surface area contributed by atoms with E-state index >= 15 is 0 Å². The van der Waals surface area contributed by atoms with Crippen molar-refractivity contribution in [3.05, 3.63) is 18.0 Å². The van der Waals surface area contributed by atoms with Crippen molar-refractivity contribution in [3.63, 3.8) is 0 Å². The van der Waals surface area contributed by atoms with Gasteiger partial charge in [-0.05, 0) is 6.92 Å². The molecule has 1 atom stereocenters. The zero-order valence-electron chi connectivity index (χ0n) is 6.75. The molecule has 13 heavy (non-hydrogen) atoms. The number of ketones is 1. The first-order valence-electron chi connectivity index (χ1n) is 3.49. The van der Waals surface area contributed by atoms with Crippen molar-refractivity contribution in [1.29, 1.82) is 0 Å². The summed E-state index contributed by atoms with van der Waals surface area (Å²) in [5.41, 5.74) is 0.114. The third-order valence-corrected chi connectivity index (χ3v) is 1.47. The summed E-state index contributed by atoms with van der Waals surface area (Å²) in [5.74, 6) is -0.340. The summed E-state index contributed by atoms with van der Waals surface area (Å²) in [4.78, 5) is 10.7. The molecule has 0 saturated carbocycles. The van der Waals surface area contributed by atoms with E-state index in [-0.39, 0.29) is 11.3 Å². The summed E-state index contributed by atoms with van der Waals surface area (Å²) in [5, 5.41) is 3.30. The fraction of sp³-hybridized carbons (Fsp3) is 0.429. The maximum Gasteiger partial charge on any atom is 0.289 e. The van der Waals surface area contributed by atoms with Crippen LogP contribution in [0.3, 0.4) is 0 Å². The van der Waals surface area contributed by atoms with Gasteiger partial charge in [0, 0.05) is 6.20 Å². The number of rotatable bonds is 3. The second-order valence-corrected chi connectivity index (χ2v) is 2.47. The Bertz CT molecular complexity index is 310. The van der Waals surface area contributed by atoms with Gasteiger partial charge < -0.3 is 0 Å². The zero-order chi connectivity index (χ0) is 10.0. The predicted molar refractivity (Wildman–Crippen MR) is 38.4 cm³/mol. The van der Waals surface area contributed by atoms with E-state index in [9.17, 15) is 18.0 Å². The Hall–Kier alpha value is -1.33. The minimum atomic E-state index is -3.14. The van der Waals surface area contributed by atoms with Crippen LogP contribution in [0.15, 0.2) is 12.4 Å². The highest BCUT2D eigenvalue weighted by molar-refractivity contribution is 5.93. The van der Waals surface area contributed by atoms with E-state index in [1.165, 1.54) is 6.92 Å². The van der Waals surface area contributed by atoms with Crippen molar-refractivity contribution in [2.24, 2.45) is 0 Å². The van der Waals surface area contributed by atoms with Crippen LogP contribution in [0.25, 0.3) is 0 Å². The molecule has 0 fully saturated rings. The molecular formula is C7H7F3N2O. The molecule has 0 N–H and O–H groups in total. The maximum atomic E-state index is 12.6. The van der Waals surface area contributed by atoms with Gasteiger partial charge in [0.2, 0.25) is 0 Å². The predicted octanol–water partition coefficient (Wildman–Crippen LogP) is 1.82. The number of hydrogen-bond acceptors (Lipinski definition) is 2. The smallest absolute Gasteiger partial charge is 0.289 e. The van der Waals surface area contributed by atoms with Crippen LogP contribution < -0.4 is 0 Å².